The van der Waals surface area contributed by atoms with Gasteiger partial charge in [-0.05, 0) is 60.7 Å². The molecule has 3 aromatic carbocycles. The number of aryl methyl sites for hydroxylation is 1. The van der Waals surface area contributed by atoms with Gasteiger partial charge in [-0.25, -0.2) is 4.79 Å². The predicted molar refractivity (Wildman–Crippen MR) is 133 cm³/mol. The summed E-state index contributed by atoms with van der Waals surface area (Å²) in [5.41, 5.74) is 2.67. The molecule has 0 N–H and O–H groups in total. The first-order chi connectivity index (χ1) is 15.8. The molecular weight excluding hydrogens is 526 g/mol. The number of hydrogen-bond donors (Lipinski definition) is 0. The molecule has 0 spiro atoms. The largest absolute Gasteiger partial charge is 0.422 e. The highest BCUT2D eigenvalue weighted by atomic mass is 79.9. The van der Waals surface area contributed by atoms with E-state index in [-0.39, 0.29) is 33.0 Å². The Kier molecular flexibility index (Phi) is 7.02. The lowest BCUT2D eigenvalue weighted by molar-refractivity contribution is -0.123. The van der Waals surface area contributed by atoms with E-state index in [2.05, 4.69) is 15.9 Å². The molecule has 0 radical (unpaired) electrons. The van der Waals surface area contributed by atoms with Gasteiger partial charge in [0.1, 0.15) is 5.75 Å². The summed E-state index contributed by atoms with van der Waals surface area (Å²) in [5.74, 6) is -0.771. The van der Waals surface area contributed by atoms with E-state index in [1.54, 1.807) is 48.5 Å². The Balaban J connectivity index is 1.59. The number of thioether (sulfide) groups is 1. The second kappa shape index (κ2) is 9.95. The quantitative estimate of drug-likeness (QED) is 0.200. The molecule has 1 aliphatic heterocycles. The van der Waals surface area contributed by atoms with Crippen LogP contribution < -0.4 is 4.74 Å². The van der Waals surface area contributed by atoms with Crippen molar-refractivity contribution in [1.29, 1.82) is 0 Å². The van der Waals surface area contributed by atoms with Crippen LogP contribution in [0.2, 0.25) is 5.02 Å². The Morgan fingerprint density at radius 2 is 1.82 bits per heavy atom. The number of carbonyl (C=O) groups is 3. The van der Waals surface area contributed by atoms with Gasteiger partial charge in [-0.3, -0.25) is 14.5 Å². The lowest BCUT2D eigenvalue weighted by atomic mass is 10.1. The van der Waals surface area contributed by atoms with Gasteiger partial charge in [-0.15, -0.1) is 0 Å². The van der Waals surface area contributed by atoms with Crippen LogP contribution in [-0.4, -0.2) is 22.0 Å². The summed E-state index contributed by atoms with van der Waals surface area (Å²) in [6.45, 7) is 2.16. The Morgan fingerprint density at radius 3 is 2.55 bits per heavy atom. The second-order valence-electron chi connectivity index (χ2n) is 7.30. The summed E-state index contributed by atoms with van der Waals surface area (Å²) < 4.78 is 6.29. The van der Waals surface area contributed by atoms with E-state index < -0.39 is 11.9 Å². The minimum atomic E-state index is -0.620. The Labute approximate surface area is 208 Å². The van der Waals surface area contributed by atoms with Crippen molar-refractivity contribution in [2.75, 3.05) is 0 Å². The first-order valence-corrected chi connectivity index (χ1v) is 11.9. The maximum Gasteiger partial charge on any atom is 0.345 e. The number of ether oxygens (including phenoxy) is 1. The number of nitrogens with zero attached hydrogens (tertiary/aromatic N) is 1. The SMILES string of the molecule is Cc1ccc(CN2C(=O)S/C(=C\c3cc(Br)ccc3OC(=O)c3ccccc3Cl)C2=O)cc1. The molecule has 33 heavy (non-hydrogen) atoms. The number of rotatable bonds is 5. The normalized spacial score (nSPS) is 14.8. The smallest absolute Gasteiger partial charge is 0.345 e. The molecule has 0 aliphatic carbocycles. The minimum absolute atomic E-state index is 0.190. The molecule has 166 valence electrons. The van der Waals surface area contributed by atoms with Crippen LogP contribution >= 0.6 is 39.3 Å². The van der Waals surface area contributed by atoms with Gasteiger partial charge in [-0.2, -0.15) is 0 Å². The fourth-order valence-corrected chi connectivity index (χ4v) is 4.58. The van der Waals surface area contributed by atoms with Crippen molar-refractivity contribution < 1.29 is 19.1 Å². The second-order valence-corrected chi connectivity index (χ2v) is 9.62. The molecule has 1 fully saturated rings. The van der Waals surface area contributed by atoms with Gasteiger partial charge in [0.05, 0.1) is 22.0 Å². The Hall–Kier alpha value is -2.87. The third kappa shape index (κ3) is 5.38. The summed E-state index contributed by atoms with van der Waals surface area (Å²) >= 11 is 10.4. The topological polar surface area (TPSA) is 63.7 Å². The first kappa shape index (κ1) is 23.3. The molecule has 0 unspecified atom stereocenters. The highest BCUT2D eigenvalue weighted by Gasteiger charge is 2.35. The zero-order chi connectivity index (χ0) is 23.5. The minimum Gasteiger partial charge on any atom is -0.422 e. The van der Waals surface area contributed by atoms with Crippen molar-refractivity contribution in [3.8, 4) is 5.75 Å². The van der Waals surface area contributed by atoms with E-state index in [1.165, 1.54) is 4.90 Å². The van der Waals surface area contributed by atoms with Crippen LogP contribution in [0.1, 0.15) is 27.0 Å². The molecule has 5 nitrogen and oxygen atoms in total. The zero-order valence-electron chi connectivity index (χ0n) is 17.4. The average Bonchev–Trinajstić information content (AvgIpc) is 3.04. The van der Waals surface area contributed by atoms with Crippen molar-refractivity contribution in [2.24, 2.45) is 0 Å². The van der Waals surface area contributed by atoms with E-state index in [0.717, 1.165) is 27.4 Å². The standard InChI is InChI=1S/C25H17BrClNO4S/c1-15-6-8-16(9-7-15)14-28-23(29)22(33-25(28)31)13-17-12-18(26)10-11-21(17)32-24(30)19-4-2-3-5-20(19)27/h2-13H,14H2,1H3/b22-13-. The molecule has 0 atom stereocenters. The fourth-order valence-electron chi connectivity index (χ4n) is 3.16. The van der Waals surface area contributed by atoms with Gasteiger partial charge < -0.3 is 4.74 Å². The van der Waals surface area contributed by atoms with Crippen LogP contribution in [-0.2, 0) is 11.3 Å². The van der Waals surface area contributed by atoms with E-state index in [4.69, 9.17) is 16.3 Å². The number of hydrogen-bond acceptors (Lipinski definition) is 5. The maximum atomic E-state index is 13.0. The number of esters is 1. The van der Waals surface area contributed by atoms with Gasteiger partial charge in [0.2, 0.25) is 0 Å². The highest BCUT2D eigenvalue weighted by molar-refractivity contribution is 9.10. The van der Waals surface area contributed by atoms with Crippen LogP contribution in [0, 0.1) is 6.92 Å². The molecule has 3 aromatic rings. The first-order valence-electron chi connectivity index (χ1n) is 9.89. The predicted octanol–water partition coefficient (Wildman–Crippen LogP) is 6.87. The van der Waals surface area contributed by atoms with Crippen LogP contribution in [0.25, 0.3) is 6.08 Å². The molecule has 4 rings (SSSR count). The number of carbonyl (C=O) groups excluding carboxylic acids is 3. The van der Waals surface area contributed by atoms with E-state index in [9.17, 15) is 14.4 Å². The number of imide groups is 1. The van der Waals surface area contributed by atoms with Gasteiger partial charge in [-0.1, -0.05) is 69.5 Å². The van der Waals surface area contributed by atoms with Crippen molar-refractivity contribution in [3.63, 3.8) is 0 Å². The lowest BCUT2D eigenvalue weighted by Gasteiger charge is -2.12. The summed E-state index contributed by atoms with van der Waals surface area (Å²) in [5, 5.41) is -0.0742. The van der Waals surface area contributed by atoms with Gasteiger partial charge in [0.25, 0.3) is 11.1 Å². The third-order valence-corrected chi connectivity index (χ3v) is 6.62. The summed E-state index contributed by atoms with van der Waals surface area (Å²) in [6.07, 6.45) is 1.56. The van der Waals surface area contributed by atoms with Crippen LogP contribution in [0.4, 0.5) is 4.79 Å². The maximum absolute atomic E-state index is 13.0. The number of halogens is 2. The van der Waals surface area contributed by atoms with Crippen LogP contribution in [0.5, 0.6) is 5.75 Å². The van der Waals surface area contributed by atoms with Crippen LogP contribution in [0.15, 0.2) is 76.1 Å². The van der Waals surface area contributed by atoms with Crippen molar-refractivity contribution in [2.45, 2.75) is 13.5 Å². The van der Waals surface area contributed by atoms with E-state index >= 15 is 0 Å². The monoisotopic (exact) mass is 541 g/mol. The summed E-state index contributed by atoms with van der Waals surface area (Å²) in [6, 6.07) is 19.3. The molecule has 1 aliphatic rings. The van der Waals surface area contributed by atoms with Crippen molar-refractivity contribution >= 4 is 62.5 Å². The molecular formula is C25H17BrClNO4S. The average molecular weight is 543 g/mol. The molecule has 0 saturated carbocycles. The molecule has 2 amide bonds. The third-order valence-electron chi connectivity index (χ3n) is 4.89. The van der Waals surface area contributed by atoms with Gasteiger partial charge in [0.15, 0.2) is 0 Å². The van der Waals surface area contributed by atoms with Crippen molar-refractivity contribution in [3.05, 3.63) is 103 Å². The molecule has 0 aromatic heterocycles. The molecule has 1 heterocycles. The lowest BCUT2D eigenvalue weighted by Crippen LogP contribution is -2.27. The zero-order valence-corrected chi connectivity index (χ0v) is 20.5. The summed E-state index contributed by atoms with van der Waals surface area (Å²) in [4.78, 5) is 39.6. The Morgan fingerprint density at radius 1 is 1.09 bits per heavy atom. The van der Waals surface area contributed by atoms with E-state index in [0.29, 0.717) is 5.56 Å². The van der Waals surface area contributed by atoms with Crippen LogP contribution in [0.3, 0.4) is 0 Å². The fraction of sp³-hybridized carbons (Fsp3) is 0.0800. The molecule has 8 heteroatoms. The molecule has 0 bridgehead atoms. The Bertz CT molecular complexity index is 1290. The number of amides is 2. The number of benzene rings is 3. The summed E-state index contributed by atoms with van der Waals surface area (Å²) in [7, 11) is 0. The van der Waals surface area contributed by atoms with Gasteiger partial charge >= 0.3 is 5.97 Å². The molecule has 1 saturated heterocycles. The highest BCUT2D eigenvalue weighted by Crippen LogP contribution is 2.36. The van der Waals surface area contributed by atoms with Gasteiger partial charge in [0, 0.05) is 10.0 Å². The van der Waals surface area contributed by atoms with Crippen molar-refractivity contribution in [1.82, 2.24) is 4.90 Å². The van der Waals surface area contributed by atoms with E-state index in [1.807, 2.05) is 31.2 Å².